The fraction of sp³-hybridized carbons (Fsp3) is 0.222. The molecule has 0 aromatic heterocycles. The third kappa shape index (κ3) is 6.19. The van der Waals surface area contributed by atoms with Crippen molar-refractivity contribution in [2.75, 3.05) is 6.54 Å². The van der Waals surface area contributed by atoms with E-state index >= 15 is 0 Å². The monoisotopic (exact) mass is 408 g/mol. The Morgan fingerprint density at radius 3 is 2.56 bits per heavy atom. The van der Waals surface area contributed by atoms with E-state index < -0.39 is 17.8 Å². The van der Waals surface area contributed by atoms with E-state index in [2.05, 4.69) is 26.6 Å². The molecule has 0 spiro atoms. The maximum atomic E-state index is 13.0. The van der Waals surface area contributed by atoms with Gasteiger partial charge in [-0.15, -0.1) is 0 Å². The molecule has 2 aromatic carbocycles. The van der Waals surface area contributed by atoms with Crippen LogP contribution in [0.3, 0.4) is 0 Å². The minimum absolute atomic E-state index is 0.149. The molecule has 0 fully saturated rings. The Balaban J connectivity index is 1.76. The van der Waals surface area contributed by atoms with Crippen LogP contribution in [-0.4, -0.2) is 24.5 Å². The number of rotatable bonds is 7. The van der Waals surface area contributed by atoms with Gasteiger partial charge in [-0.05, 0) is 46.6 Å². The fourth-order valence-electron chi connectivity index (χ4n) is 1.98. The number of amides is 2. The molecule has 0 aliphatic carbocycles. The molecule has 1 unspecified atom stereocenters. The molecule has 0 saturated heterocycles. The number of nitrogens with one attached hydrogen (secondary N) is 2. The van der Waals surface area contributed by atoms with E-state index in [1.165, 1.54) is 18.2 Å². The van der Waals surface area contributed by atoms with Crippen LogP contribution in [0.1, 0.15) is 12.5 Å². The Hall–Kier alpha value is -2.41. The van der Waals surface area contributed by atoms with E-state index in [0.717, 1.165) is 5.56 Å². The lowest BCUT2D eigenvalue weighted by Gasteiger charge is -2.15. The van der Waals surface area contributed by atoms with Crippen LogP contribution in [0.5, 0.6) is 5.75 Å². The van der Waals surface area contributed by atoms with E-state index in [1.807, 2.05) is 30.3 Å². The van der Waals surface area contributed by atoms with Gasteiger partial charge in [0.1, 0.15) is 11.6 Å². The number of hydrogen-bond acceptors (Lipinski definition) is 3. The van der Waals surface area contributed by atoms with E-state index in [1.54, 1.807) is 6.92 Å². The molecular weight excluding hydrogens is 391 g/mol. The third-order valence-corrected chi connectivity index (χ3v) is 3.94. The molecule has 132 valence electrons. The highest BCUT2D eigenvalue weighted by Crippen LogP contribution is 2.26. The van der Waals surface area contributed by atoms with E-state index in [0.29, 0.717) is 16.8 Å². The number of carbonyl (C=O) groups is 2. The zero-order valence-corrected chi connectivity index (χ0v) is 15.2. The van der Waals surface area contributed by atoms with Gasteiger partial charge >= 0.3 is 0 Å². The highest BCUT2D eigenvalue weighted by molar-refractivity contribution is 9.10. The maximum Gasteiger partial charge on any atom is 0.261 e. The predicted molar refractivity (Wildman–Crippen MR) is 95.5 cm³/mol. The van der Waals surface area contributed by atoms with Crippen LogP contribution in [0.2, 0.25) is 0 Å². The van der Waals surface area contributed by atoms with Crippen LogP contribution in [0.15, 0.2) is 53.0 Å². The summed E-state index contributed by atoms with van der Waals surface area (Å²) >= 11 is 3.17. The first kappa shape index (κ1) is 18.9. The molecule has 2 N–H and O–H groups in total. The number of carbonyl (C=O) groups excluding carboxylic acids is 2. The Morgan fingerprint density at radius 1 is 1.16 bits per heavy atom. The van der Waals surface area contributed by atoms with Crippen LogP contribution < -0.4 is 15.4 Å². The van der Waals surface area contributed by atoms with Crippen LogP contribution in [0, 0.1) is 5.82 Å². The summed E-state index contributed by atoms with van der Waals surface area (Å²) < 4.78 is 18.9. The molecule has 5 nitrogen and oxygen atoms in total. The average Bonchev–Trinajstić information content (AvgIpc) is 2.61. The van der Waals surface area contributed by atoms with Crippen molar-refractivity contribution >= 4 is 27.7 Å². The molecule has 7 heteroatoms. The quantitative estimate of drug-likeness (QED) is 0.739. The second kappa shape index (κ2) is 9.17. The van der Waals surface area contributed by atoms with Gasteiger partial charge in [-0.25, -0.2) is 4.39 Å². The van der Waals surface area contributed by atoms with Crippen LogP contribution in [0.4, 0.5) is 4.39 Å². The van der Waals surface area contributed by atoms with Crippen molar-refractivity contribution in [1.82, 2.24) is 10.6 Å². The summed E-state index contributed by atoms with van der Waals surface area (Å²) in [4.78, 5) is 23.8. The highest BCUT2D eigenvalue weighted by atomic mass is 79.9. The molecule has 0 radical (unpaired) electrons. The number of halogens is 2. The molecule has 0 aliphatic rings. The summed E-state index contributed by atoms with van der Waals surface area (Å²) in [7, 11) is 0. The van der Waals surface area contributed by atoms with Gasteiger partial charge in [0, 0.05) is 6.54 Å². The predicted octanol–water partition coefficient (Wildman–Crippen LogP) is 2.79. The molecular formula is C18H18BrFN2O3. The minimum atomic E-state index is -0.830. The molecule has 2 aromatic rings. The van der Waals surface area contributed by atoms with Crippen molar-refractivity contribution in [2.24, 2.45) is 0 Å². The second-order valence-electron chi connectivity index (χ2n) is 5.31. The van der Waals surface area contributed by atoms with Crippen LogP contribution in [0.25, 0.3) is 0 Å². The van der Waals surface area contributed by atoms with E-state index in [4.69, 9.17) is 4.74 Å². The summed E-state index contributed by atoms with van der Waals surface area (Å²) in [6.07, 6.45) is -0.830. The van der Waals surface area contributed by atoms with Crippen LogP contribution in [-0.2, 0) is 16.1 Å². The first-order valence-corrected chi connectivity index (χ1v) is 8.45. The van der Waals surface area contributed by atoms with Crippen molar-refractivity contribution in [3.8, 4) is 5.75 Å². The Labute approximate surface area is 153 Å². The largest absolute Gasteiger partial charge is 0.480 e. The summed E-state index contributed by atoms with van der Waals surface area (Å²) in [6, 6.07) is 13.4. The normalized spacial score (nSPS) is 11.5. The van der Waals surface area contributed by atoms with Gasteiger partial charge in [0.15, 0.2) is 6.10 Å². The van der Waals surface area contributed by atoms with Crippen molar-refractivity contribution in [3.63, 3.8) is 0 Å². The van der Waals surface area contributed by atoms with Crippen molar-refractivity contribution < 1.29 is 18.7 Å². The number of benzene rings is 2. The summed E-state index contributed by atoms with van der Waals surface area (Å²) in [5.41, 5.74) is 0.972. The fourth-order valence-corrected chi connectivity index (χ4v) is 2.43. The van der Waals surface area contributed by atoms with Crippen molar-refractivity contribution in [1.29, 1.82) is 0 Å². The highest BCUT2D eigenvalue weighted by Gasteiger charge is 2.17. The molecule has 0 bridgehead atoms. The summed E-state index contributed by atoms with van der Waals surface area (Å²) in [5.74, 6) is -0.803. The van der Waals surface area contributed by atoms with Crippen LogP contribution >= 0.6 is 15.9 Å². The zero-order valence-electron chi connectivity index (χ0n) is 13.6. The topological polar surface area (TPSA) is 67.4 Å². The van der Waals surface area contributed by atoms with E-state index in [-0.39, 0.29) is 12.5 Å². The summed E-state index contributed by atoms with van der Waals surface area (Å²) in [5, 5.41) is 5.22. The van der Waals surface area contributed by atoms with Gasteiger partial charge in [-0.1, -0.05) is 30.3 Å². The van der Waals surface area contributed by atoms with Gasteiger partial charge in [0.2, 0.25) is 5.91 Å². The zero-order chi connectivity index (χ0) is 18.2. The van der Waals surface area contributed by atoms with Gasteiger partial charge in [0.25, 0.3) is 5.91 Å². The summed E-state index contributed by atoms with van der Waals surface area (Å²) in [6.45, 7) is 1.79. The van der Waals surface area contributed by atoms with E-state index in [9.17, 15) is 14.0 Å². The van der Waals surface area contributed by atoms with Crippen molar-refractivity contribution in [2.45, 2.75) is 19.6 Å². The lowest BCUT2D eigenvalue weighted by atomic mass is 10.2. The van der Waals surface area contributed by atoms with Gasteiger partial charge in [-0.3, -0.25) is 9.59 Å². The second-order valence-corrected chi connectivity index (χ2v) is 6.17. The Morgan fingerprint density at radius 2 is 1.88 bits per heavy atom. The first-order chi connectivity index (χ1) is 12.0. The maximum absolute atomic E-state index is 13.0. The molecule has 2 amide bonds. The number of hydrogen-bond donors (Lipinski definition) is 2. The van der Waals surface area contributed by atoms with Gasteiger partial charge in [-0.2, -0.15) is 0 Å². The molecule has 25 heavy (non-hydrogen) atoms. The molecule has 2 rings (SSSR count). The molecule has 1 atom stereocenters. The van der Waals surface area contributed by atoms with Gasteiger partial charge in [0.05, 0.1) is 11.0 Å². The molecule has 0 heterocycles. The van der Waals surface area contributed by atoms with Gasteiger partial charge < -0.3 is 15.4 Å². The lowest BCUT2D eigenvalue weighted by Crippen LogP contribution is -2.42. The van der Waals surface area contributed by atoms with Crippen molar-refractivity contribution in [3.05, 3.63) is 64.4 Å². The minimum Gasteiger partial charge on any atom is -0.480 e. The Kier molecular flexibility index (Phi) is 6.94. The standard InChI is InChI=1S/C18H18BrFN2O3/c1-12(25-16-8-7-14(20)9-15(16)19)18(24)22-11-17(23)21-10-13-5-3-2-4-6-13/h2-9,12H,10-11H2,1H3,(H,21,23)(H,22,24). The molecule has 0 aliphatic heterocycles. The Bertz CT molecular complexity index is 740. The SMILES string of the molecule is CC(Oc1ccc(F)cc1Br)C(=O)NCC(=O)NCc1ccccc1. The molecule has 0 saturated carbocycles. The average molecular weight is 409 g/mol. The lowest BCUT2D eigenvalue weighted by molar-refractivity contribution is -0.130. The first-order valence-electron chi connectivity index (χ1n) is 7.65. The third-order valence-electron chi connectivity index (χ3n) is 3.32. The smallest absolute Gasteiger partial charge is 0.261 e. The number of ether oxygens (including phenoxy) is 1.